The van der Waals surface area contributed by atoms with Gasteiger partial charge in [0.05, 0.1) is 18.6 Å². The Balaban J connectivity index is 1.64. The second-order valence-corrected chi connectivity index (χ2v) is 9.14. The molecule has 152 valence electrons. The molecule has 2 aromatic carbocycles. The Hall–Kier alpha value is -2.28. The number of nitrogens with one attached hydrogen (secondary N) is 1. The number of imidazole rings is 1. The Bertz CT molecular complexity index is 881. The lowest BCUT2D eigenvalue weighted by atomic mass is 10.0. The molecule has 1 aliphatic rings. The van der Waals surface area contributed by atoms with Gasteiger partial charge < -0.3 is 9.88 Å². The molecule has 1 aliphatic heterocycles. The first-order chi connectivity index (χ1) is 14.2. The van der Waals surface area contributed by atoms with E-state index in [4.69, 9.17) is 0 Å². The summed E-state index contributed by atoms with van der Waals surface area (Å²) in [4.78, 5) is 10.1. The maximum Gasteiger partial charge on any atom is 0.0922 e. The Morgan fingerprint density at radius 1 is 1.10 bits per heavy atom. The Kier molecular flexibility index (Phi) is 6.54. The predicted octanol–water partition coefficient (Wildman–Crippen LogP) is 4.36. The molecular formula is C23H29N5S. The molecule has 2 heterocycles. The van der Waals surface area contributed by atoms with E-state index in [2.05, 4.69) is 92.2 Å². The zero-order chi connectivity index (χ0) is 20.1. The third kappa shape index (κ3) is 5.21. The molecule has 0 saturated carbocycles. The van der Waals surface area contributed by atoms with Gasteiger partial charge in [0.25, 0.3) is 0 Å². The van der Waals surface area contributed by atoms with Crippen LogP contribution >= 0.6 is 12.1 Å². The van der Waals surface area contributed by atoms with Crippen LogP contribution in [0.1, 0.15) is 23.2 Å². The first-order valence-electron chi connectivity index (χ1n) is 10.1. The fourth-order valence-corrected chi connectivity index (χ4v) is 4.89. The number of anilines is 1. The highest BCUT2D eigenvalue weighted by Gasteiger charge is 2.29. The summed E-state index contributed by atoms with van der Waals surface area (Å²) in [6.07, 6.45) is 5.89. The summed E-state index contributed by atoms with van der Waals surface area (Å²) in [6, 6.07) is 20.1. The van der Waals surface area contributed by atoms with Gasteiger partial charge in [0, 0.05) is 43.1 Å². The number of H-pyrrole nitrogens is 1. The molecule has 0 fully saturated rings. The predicted molar refractivity (Wildman–Crippen MR) is 121 cm³/mol. The van der Waals surface area contributed by atoms with Crippen LogP contribution in [0, 0.1) is 0 Å². The topological polar surface area (TPSA) is 38.4 Å². The number of aromatic nitrogens is 2. The minimum atomic E-state index is 0.412. The van der Waals surface area contributed by atoms with Gasteiger partial charge in [0.2, 0.25) is 0 Å². The van der Waals surface area contributed by atoms with Crippen molar-refractivity contribution in [3.05, 3.63) is 83.9 Å². The van der Waals surface area contributed by atoms with Crippen molar-refractivity contribution in [3.8, 4) is 0 Å². The maximum absolute atomic E-state index is 4.24. The first kappa shape index (κ1) is 20.0. The number of aryl methyl sites for hydroxylation is 1. The Morgan fingerprint density at radius 2 is 1.90 bits per heavy atom. The molecule has 0 saturated heterocycles. The number of nitrogens with zero attached hydrogens (tertiary/aromatic N) is 4. The number of para-hydroxylation sites is 1. The van der Waals surface area contributed by atoms with Gasteiger partial charge in [-0.1, -0.05) is 48.5 Å². The molecule has 0 radical (unpaired) electrons. The van der Waals surface area contributed by atoms with Crippen LogP contribution in [0.3, 0.4) is 0 Å². The fraction of sp³-hybridized carbons (Fsp3) is 0.348. The zero-order valence-corrected chi connectivity index (χ0v) is 18.0. The molecule has 1 atom stereocenters. The molecule has 6 heteroatoms. The van der Waals surface area contributed by atoms with Gasteiger partial charge in [-0.2, -0.15) is 0 Å². The van der Waals surface area contributed by atoms with E-state index >= 15 is 0 Å². The van der Waals surface area contributed by atoms with Crippen LogP contribution in [0.25, 0.3) is 0 Å². The van der Waals surface area contributed by atoms with E-state index < -0.39 is 0 Å². The van der Waals surface area contributed by atoms with Crippen LogP contribution in [-0.4, -0.2) is 45.3 Å². The van der Waals surface area contributed by atoms with Gasteiger partial charge in [-0.25, -0.2) is 13.6 Å². The Morgan fingerprint density at radius 3 is 2.66 bits per heavy atom. The highest BCUT2D eigenvalue weighted by Crippen LogP contribution is 2.33. The number of fused-ring (bicyclic) bond motifs is 1. The van der Waals surface area contributed by atoms with Crippen LogP contribution in [0.5, 0.6) is 0 Å². The molecule has 3 aromatic rings. The SMILES string of the molecule is CN(C)SN1Cc2ccccc2N(Cc2cnc[nH]2)C(CCc2ccccc2)C1. The van der Waals surface area contributed by atoms with Crippen molar-refractivity contribution in [1.29, 1.82) is 0 Å². The summed E-state index contributed by atoms with van der Waals surface area (Å²) in [7, 11) is 4.23. The molecule has 29 heavy (non-hydrogen) atoms. The smallest absolute Gasteiger partial charge is 0.0922 e. The van der Waals surface area contributed by atoms with Crippen molar-refractivity contribution in [3.63, 3.8) is 0 Å². The number of hydrogen-bond acceptors (Lipinski definition) is 5. The second-order valence-electron chi connectivity index (χ2n) is 7.73. The highest BCUT2D eigenvalue weighted by molar-refractivity contribution is 7.94. The quantitative estimate of drug-likeness (QED) is 0.589. The molecular weight excluding hydrogens is 378 g/mol. The summed E-state index contributed by atoms with van der Waals surface area (Å²) in [6.45, 7) is 2.80. The number of rotatable bonds is 7. The van der Waals surface area contributed by atoms with E-state index in [9.17, 15) is 0 Å². The van der Waals surface area contributed by atoms with Crippen molar-refractivity contribution in [1.82, 2.24) is 18.6 Å². The fourth-order valence-electron chi connectivity index (χ4n) is 4.00. The standard InChI is InChI=1S/C23H29N5S/c1-26(2)29-27-15-20-10-6-7-11-23(20)28(16-21-14-24-18-25-21)22(17-27)13-12-19-8-4-3-5-9-19/h3-11,14,18,22H,12-13,15-17H2,1-2H3,(H,24,25). The van der Waals surface area contributed by atoms with E-state index in [1.54, 1.807) is 6.33 Å². The van der Waals surface area contributed by atoms with Gasteiger partial charge in [-0.05, 0) is 44.1 Å². The van der Waals surface area contributed by atoms with E-state index in [-0.39, 0.29) is 0 Å². The lowest BCUT2D eigenvalue weighted by Gasteiger charge is -2.34. The average Bonchev–Trinajstić information content (AvgIpc) is 3.18. The average molecular weight is 408 g/mol. The third-order valence-electron chi connectivity index (χ3n) is 5.29. The van der Waals surface area contributed by atoms with Crippen LogP contribution in [-0.2, 0) is 19.5 Å². The summed E-state index contributed by atoms with van der Waals surface area (Å²) in [5.41, 5.74) is 5.27. The molecule has 0 bridgehead atoms. The Labute approximate surface area is 178 Å². The van der Waals surface area contributed by atoms with Crippen LogP contribution in [0.4, 0.5) is 5.69 Å². The molecule has 1 aromatic heterocycles. The molecule has 0 amide bonds. The molecule has 4 rings (SSSR count). The minimum absolute atomic E-state index is 0.412. The number of aromatic amines is 1. The van der Waals surface area contributed by atoms with Gasteiger partial charge in [-0.15, -0.1) is 0 Å². The zero-order valence-electron chi connectivity index (χ0n) is 17.2. The maximum atomic E-state index is 4.24. The highest BCUT2D eigenvalue weighted by atomic mass is 32.2. The van der Waals surface area contributed by atoms with E-state index in [0.717, 1.165) is 38.2 Å². The van der Waals surface area contributed by atoms with Crippen LogP contribution in [0.15, 0.2) is 67.1 Å². The molecule has 5 nitrogen and oxygen atoms in total. The first-order valence-corrected chi connectivity index (χ1v) is 10.9. The van der Waals surface area contributed by atoms with Crippen LogP contribution < -0.4 is 4.90 Å². The molecule has 0 spiro atoms. The third-order valence-corrected chi connectivity index (χ3v) is 6.12. The van der Waals surface area contributed by atoms with Crippen molar-refractivity contribution < 1.29 is 0 Å². The summed E-state index contributed by atoms with van der Waals surface area (Å²) >= 11 is 1.81. The lowest BCUT2D eigenvalue weighted by Crippen LogP contribution is -2.41. The van der Waals surface area contributed by atoms with E-state index in [1.165, 1.54) is 16.8 Å². The molecule has 1 N–H and O–H groups in total. The van der Waals surface area contributed by atoms with Gasteiger partial charge in [0.15, 0.2) is 0 Å². The van der Waals surface area contributed by atoms with Crippen LogP contribution in [0.2, 0.25) is 0 Å². The number of benzene rings is 2. The van der Waals surface area contributed by atoms with Crippen molar-refractivity contribution in [2.45, 2.75) is 32.0 Å². The summed E-state index contributed by atoms with van der Waals surface area (Å²) < 4.78 is 4.67. The van der Waals surface area contributed by atoms with Crippen molar-refractivity contribution in [2.24, 2.45) is 0 Å². The van der Waals surface area contributed by atoms with Gasteiger partial charge in [0.1, 0.15) is 0 Å². The molecule has 0 aliphatic carbocycles. The molecule has 1 unspecified atom stereocenters. The second kappa shape index (κ2) is 9.48. The summed E-state index contributed by atoms with van der Waals surface area (Å²) in [5, 5.41) is 0. The van der Waals surface area contributed by atoms with Crippen molar-refractivity contribution >= 4 is 17.8 Å². The van der Waals surface area contributed by atoms with Crippen molar-refractivity contribution in [2.75, 3.05) is 25.5 Å². The number of hydrogen-bond donors (Lipinski definition) is 1. The normalized spacial score (nSPS) is 17.3. The van der Waals surface area contributed by atoms with E-state index in [1.807, 2.05) is 18.3 Å². The van der Waals surface area contributed by atoms with Gasteiger partial charge >= 0.3 is 0 Å². The largest absolute Gasteiger partial charge is 0.361 e. The summed E-state index contributed by atoms with van der Waals surface area (Å²) in [5.74, 6) is 0. The van der Waals surface area contributed by atoms with Gasteiger partial charge in [-0.3, -0.25) is 0 Å². The monoisotopic (exact) mass is 407 g/mol. The van der Waals surface area contributed by atoms with E-state index in [0.29, 0.717) is 6.04 Å². The lowest BCUT2D eigenvalue weighted by molar-refractivity contribution is 0.396. The minimum Gasteiger partial charge on any atom is -0.361 e.